The van der Waals surface area contributed by atoms with Gasteiger partial charge in [-0.1, -0.05) is 26.7 Å². The van der Waals surface area contributed by atoms with Crippen LogP contribution < -0.4 is 10.6 Å². The lowest BCUT2D eigenvalue weighted by Gasteiger charge is -2.12. The Hall–Kier alpha value is -1.65. The number of nitrogens with zero attached hydrogens (tertiary/aromatic N) is 2. The van der Waals surface area contributed by atoms with Crippen molar-refractivity contribution >= 4 is 17.5 Å². The second-order valence-electron chi connectivity index (χ2n) is 5.07. The summed E-state index contributed by atoms with van der Waals surface area (Å²) < 4.78 is 0. The number of hydrogen-bond donors (Lipinski definition) is 2. The van der Waals surface area contributed by atoms with E-state index < -0.39 is 0 Å². The van der Waals surface area contributed by atoms with Crippen molar-refractivity contribution in [2.24, 2.45) is 5.92 Å². The highest BCUT2D eigenvalue weighted by Gasteiger charge is 2.15. The second kappa shape index (κ2) is 5.80. The largest absolute Gasteiger partial charge is 0.366 e. The lowest BCUT2D eigenvalue weighted by Crippen LogP contribution is -2.19. The number of rotatable bonds is 4. The molecule has 1 saturated carbocycles. The molecule has 0 atom stereocenters. The molecule has 0 unspecified atom stereocenters. The Morgan fingerprint density at radius 1 is 1.22 bits per heavy atom. The van der Waals surface area contributed by atoms with Gasteiger partial charge in [-0.25, -0.2) is 0 Å². The lowest BCUT2D eigenvalue weighted by atomic mass is 10.2. The topological polar surface area (TPSA) is 66.9 Å². The molecule has 5 heteroatoms. The van der Waals surface area contributed by atoms with E-state index in [1.54, 1.807) is 6.07 Å². The van der Waals surface area contributed by atoms with Gasteiger partial charge in [-0.3, -0.25) is 4.79 Å². The standard InChI is InChI=1S/C13H20N4O/c1-9(2)13(18)15-12-8-7-11(16-17-12)14-10-5-3-4-6-10/h7-10H,3-6H2,1-2H3,(H,14,16)(H,15,17,18). The molecule has 1 aromatic heterocycles. The van der Waals surface area contributed by atoms with Crippen LogP contribution in [0.1, 0.15) is 39.5 Å². The van der Waals surface area contributed by atoms with Crippen LogP contribution in [0.3, 0.4) is 0 Å². The molecule has 1 heterocycles. The van der Waals surface area contributed by atoms with E-state index in [9.17, 15) is 4.79 Å². The first-order chi connectivity index (χ1) is 8.65. The van der Waals surface area contributed by atoms with Crippen LogP contribution in [0.2, 0.25) is 0 Å². The Balaban J connectivity index is 1.90. The van der Waals surface area contributed by atoms with E-state index in [-0.39, 0.29) is 11.8 Å². The van der Waals surface area contributed by atoms with Crippen LogP contribution in [0, 0.1) is 5.92 Å². The normalized spacial score (nSPS) is 15.9. The molecule has 2 rings (SSSR count). The number of carbonyl (C=O) groups is 1. The summed E-state index contributed by atoms with van der Waals surface area (Å²) in [6, 6.07) is 4.17. The van der Waals surface area contributed by atoms with Crippen molar-refractivity contribution in [3.63, 3.8) is 0 Å². The van der Waals surface area contributed by atoms with Crippen LogP contribution in [0.5, 0.6) is 0 Å². The molecule has 1 amide bonds. The minimum Gasteiger partial charge on any atom is -0.366 e. The summed E-state index contributed by atoms with van der Waals surface area (Å²) in [5, 5.41) is 14.2. The average molecular weight is 248 g/mol. The molecule has 0 radical (unpaired) electrons. The summed E-state index contributed by atoms with van der Waals surface area (Å²) in [6.45, 7) is 3.69. The first-order valence-electron chi connectivity index (χ1n) is 6.56. The maximum absolute atomic E-state index is 11.5. The van der Waals surface area contributed by atoms with Crippen molar-refractivity contribution in [2.45, 2.75) is 45.6 Å². The minimum atomic E-state index is -0.0527. The van der Waals surface area contributed by atoms with Crippen LogP contribution in [-0.4, -0.2) is 22.1 Å². The zero-order chi connectivity index (χ0) is 13.0. The summed E-state index contributed by atoms with van der Waals surface area (Å²) >= 11 is 0. The van der Waals surface area contributed by atoms with Crippen LogP contribution in [-0.2, 0) is 4.79 Å². The van der Waals surface area contributed by atoms with Crippen LogP contribution >= 0.6 is 0 Å². The van der Waals surface area contributed by atoms with Crippen LogP contribution in [0.15, 0.2) is 12.1 Å². The third kappa shape index (κ3) is 3.42. The molecule has 0 aliphatic heterocycles. The second-order valence-corrected chi connectivity index (χ2v) is 5.07. The Kier molecular flexibility index (Phi) is 4.12. The van der Waals surface area contributed by atoms with Gasteiger partial charge in [0, 0.05) is 12.0 Å². The number of aromatic nitrogens is 2. The average Bonchev–Trinajstić information content (AvgIpc) is 2.84. The number of carbonyl (C=O) groups excluding carboxylic acids is 1. The van der Waals surface area contributed by atoms with Crippen LogP contribution in [0.25, 0.3) is 0 Å². The summed E-state index contributed by atoms with van der Waals surface area (Å²) in [5.74, 6) is 1.19. The highest BCUT2D eigenvalue weighted by Crippen LogP contribution is 2.21. The van der Waals surface area contributed by atoms with Crippen LogP contribution in [0.4, 0.5) is 11.6 Å². The maximum atomic E-state index is 11.5. The zero-order valence-electron chi connectivity index (χ0n) is 10.9. The van der Waals surface area contributed by atoms with Crippen molar-refractivity contribution in [1.29, 1.82) is 0 Å². The molecule has 5 nitrogen and oxygen atoms in total. The molecule has 0 bridgehead atoms. The molecule has 2 N–H and O–H groups in total. The van der Waals surface area contributed by atoms with E-state index in [4.69, 9.17) is 0 Å². The highest BCUT2D eigenvalue weighted by molar-refractivity contribution is 5.91. The van der Waals surface area contributed by atoms with E-state index in [2.05, 4.69) is 20.8 Å². The summed E-state index contributed by atoms with van der Waals surface area (Å²) in [4.78, 5) is 11.5. The molecule has 1 aliphatic carbocycles. The highest BCUT2D eigenvalue weighted by atomic mass is 16.1. The minimum absolute atomic E-state index is 0.0409. The van der Waals surface area contributed by atoms with Crippen molar-refractivity contribution in [3.8, 4) is 0 Å². The first-order valence-corrected chi connectivity index (χ1v) is 6.56. The van der Waals surface area contributed by atoms with Crippen molar-refractivity contribution < 1.29 is 4.79 Å². The molecule has 0 aromatic carbocycles. The Morgan fingerprint density at radius 2 is 1.83 bits per heavy atom. The number of nitrogens with one attached hydrogen (secondary N) is 2. The Bertz CT molecular complexity index is 396. The van der Waals surface area contributed by atoms with Gasteiger partial charge in [-0.05, 0) is 25.0 Å². The van der Waals surface area contributed by atoms with Gasteiger partial charge in [0.2, 0.25) is 5.91 Å². The predicted molar refractivity (Wildman–Crippen MR) is 71.4 cm³/mol. The molecule has 0 saturated heterocycles. The molecule has 0 spiro atoms. The van der Waals surface area contributed by atoms with Gasteiger partial charge < -0.3 is 10.6 Å². The maximum Gasteiger partial charge on any atom is 0.228 e. The van der Waals surface area contributed by atoms with Gasteiger partial charge in [0.05, 0.1) is 0 Å². The van der Waals surface area contributed by atoms with Crippen molar-refractivity contribution in [1.82, 2.24) is 10.2 Å². The van der Waals surface area contributed by atoms with Gasteiger partial charge in [0.15, 0.2) is 5.82 Å². The molecular formula is C13H20N4O. The zero-order valence-corrected chi connectivity index (χ0v) is 10.9. The van der Waals surface area contributed by atoms with Gasteiger partial charge in [-0.15, -0.1) is 10.2 Å². The third-order valence-electron chi connectivity index (χ3n) is 3.15. The van der Waals surface area contributed by atoms with Gasteiger partial charge in [0.25, 0.3) is 0 Å². The molecule has 1 aliphatic rings. The van der Waals surface area contributed by atoms with Gasteiger partial charge in [-0.2, -0.15) is 0 Å². The fourth-order valence-corrected chi connectivity index (χ4v) is 2.03. The molecule has 1 fully saturated rings. The number of amides is 1. The predicted octanol–water partition coefficient (Wildman–Crippen LogP) is 2.43. The molecule has 1 aromatic rings. The SMILES string of the molecule is CC(C)C(=O)Nc1ccc(NC2CCCC2)nn1. The summed E-state index contributed by atoms with van der Waals surface area (Å²) in [5.41, 5.74) is 0. The summed E-state index contributed by atoms with van der Waals surface area (Å²) in [7, 11) is 0. The quantitative estimate of drug-likeness (QED) is 0.858. The van der Waals surface area contributed by atoms with Gasteiger partial charge >= 0.3 is 0 Å². The lowest BCUT2D eigenvalue weighted by molar-refractivity contribution is -0.118. The van der Waals surface area contributed by atoms with Crippen molar-refractivity contribution in [2.75, 3.05) is 10.6 Å². The smallest absolute Gasteiger partial charge is 0.228 e. The molecular weight excluding hydrogens is 228 g/mol. The number of anilines is 2. The summed E-state index contributed by atoms with van der Waals surface area (Å²) in [6.07, 6.45) is 4.97. The number of hydrogen-bond acceptors (Lipinski definition) is 4. The molecule has 98 valence electrons. The van der Waals surface area contributed by atoms with E-state index in [1.165, 1.54) is 25.7 Å². The molecule has 18 heavy (non-hydrogen) atoms. The van der Waals surface area contributed by atoms with E-state index >= 15 is 0 Å². The Labute approximate surface area is 107 Å². The fourth-order valence-electron chi connectivity index (χ4n) is 2.03. The third-order valence-corrected chi connectivity index (χ3v) is 3.15. The Morgan fingerprint density at radius 3 is 2.39 bits per heavy atom. The van der Waals surface area contributed by atoms with Gasteiger partial charge in [0.1, 0.15) is 5.82 Å². The van der Waals surface area contributed by atoms with Crippen molar-refractivity contribution in [3.05, 3.63) is 12.1 Å². The first kappa shape index (κ1) is 12.8. The van der Waals surface area contributed by atoms with E-state index in [0.717, 1.165) is 5.82 Å². The fraction of sp³-hybridized carbons (Fsp3) is 0.615. The monoisotopic (exact) mass is 248 g/mol. The van der Waals surface area contributed by atoms with E-state index in [1.807, 2.05) is 19.9 Å². The van der Waals surface area contributed by atoms with E-state index in [0.29, 0.717) is 11.9 Å².